The van der Waals surface area contributed by atoms with Crippen molar-refractivity contribution in [3.63, 3.8) is 0 Å². The number of imidazole rings is 1. The molecule has 32 heavy (non-hydrogen) atoms. The molecule has 1 atom stereocenters. The SMILES string of the molecule is Cc1cc(CN2CCCC2)cc2nc(NC(=O)c3ccccc3)n(C3CCCCNC3)c12. The molecule has 2 fully saturated rings. The number of carbonyl (C=O) groups excluding carboxylic acids is 1. The molecular formula is C26H33N5O. The van der Waals surface area contributed by atoms with Gasteiger partial charge in [0.2, 0.25) is 5.95 Å². The van der Waals surface area contributed by atoms with Crippen LogP contribution in [0.3, 0.4) is 0 Å². The summed E-state index contributed by atoms with van der Waals surface area (Å²) in [5.74, 6) is 0.544. The number of aryl methyl sites for hydroxylation is 1. The second-order valence-corrected chi connectivity index (χ2v) is 9.24. The number of hydrogen-bond acceptors (Lipinski definition) is 4. The van der Waals surface area contributed by atoms with E-state index in [0.717, 1.165) is 37.1 Å². The standard InChI is InChI=1S/C26H33N5O/c1-19-15-20(18-30-13-7-8-14-30)16-23-24(19)31(22-11-5-6-12-27-17-22)26(28-23)29-25(32)21-9-3-2-4-10-21/h2-4,9-10,15-16,22,27H,5-8,11-14,17-18H2,1H3,(H,28,29,32). The van der Waals surface area contributed by atoms with E-state index >= 15 is 0 Å². The zero-order chi connectivity index (χ0) is 21.9. The molecule has 6 nitrogen and oxygen atoms in total. The molecule has 0 spiro atoms. The van der Waals surface area contributed by atoms with Crippen LogP contribution in [-0.2, 0) is 6.54 Å². The van der Waals surface area contributed by atoms with E-state index in [4.69, 9.17) is 4.98 Å². The van der Waals surface area contributed by atoms with Crippen LogP contribution < -0.4 is 10.6 Å². The fourth-order valence-corrected chi connectivity index (χ4v) is 5.22. The summed E-state index contributed by atoms with van der Waals surface area (Å²) in [5, 5.41) is 6.70. The highest BCUT2D eigenvalue weighted by Crippen LogP contribution is 2.32. The Bertz CT molecular complexity index is 1080. The summed E-state index contributed by atoms with van der Waals surface area (Å²) >= 11 is 0. The summed E-state index contributed by atoms with van der Waals surface area (Å²) in [7, 11) is 0. The minimum absolute atomic E-state index is 0.112. The molecule has 2 aromatic carbocycles. The zero-order valence-electron chi connectivity index (χ0n) is 18.9. The predicted octanol–water partition coefficient (Wildman–Crippen LogP) is 4.51. The van der Waals surface area contributed by atoms with E-state index in [0.29, 0.717) is 11.5 Å². The van der Waals surface area contributed by atoms with Crippen molar-refractivity contribution in [2.45, 2.75) is 51.6 Å². The topological polar surface area (TPSA) is 62.2 Å². The number of fused-ring (bicyclic) bond motifs is 1. The van der Waals surface area contributed by atoms with E-state index in [2.05, 4.69) is 39.2 Å². The first-order valence-electron chi connectivity index (χ1n) is 12.0. The van der Waals surface area contributed by atoms with Crippen LogP contribution in [0.5, 0.6) is 0 Å². The van der Waals surface area contributed by atoms with Gasteiger partial charge in [-0.2, -0.15) is 0 Å². The largest absolute Gasteiger partial charge is 0.315 e. The Morgan fingerprint density at radius 3 is 2.75 bits per heavy atom. The second-order valence-electron chi connectivity index (χ2n) is 9.24. The van der Waals surface area contributed by atoms with Gasteiger partial charge in [0, 0.05) is 24.7 Å². The van der Waals surface area contributed by atoms with Crippen LogP contribution in [0.4, 0.5) is 5.95 Å². The first-order chi connectivity index (χ1) is 15.7. The van der Waals surface area contributed by atoms with Crippen LogP contribution in [-0.4, -0.2) is 46.5 Å². The third-order valence-corrected chi connectivity index (χ3v) is 6.79. The van der Waals surface area contributed by atoms with Gasteiger partial charge in [0.15, 0.2) is 0 Å². The lowest BCUT2D eigenvalue weighted by molar-refractivity contribution is 0.102. The molecule has 6 heteroatoms. The lowest BCUT2D eigenvalue weighted by atomic mass is 10.1. The Kier molecular flexibility index (Phi) is 6.23. The highest BCUT2D eigenvalue weighted by Gasteiger charge is 2.24. The maximum atomic E-state index is 13.0. The average Bonchev–Trinajstić information content (AvgIpc) is 3.34. The molecule has 0 bridgehead atoms. The van der Waals surface area contributed by atoms with E-state index in [9.17, 15) is 4.79 Å². The number of likely N-dealkylation sites (tertiary alicyclic amines) is 1. The summed E-state index contributed by atoms with van der Waals surface area (Å²) in [6.45, 7) is 7.46. The van der Waals surface area contributed by atoms with Gasteiger partial charge in [-0.05, 0) is 81.6 Å². The third kappa shape index (κ3) is 4.43. The molecule has 2 aliphatic heterocycles. The smallest absolute Gasteiger partial charge is 0.257 e. The molecule has 168 valence electrons. The first-order valence-corrected chi connectivity index (χ1v) is 12.0. The maximum Gasteiger partial charge on any atom is 0.257 e. The highest BCUT2D eigenvalue weighted by atomic mass is 16.1. The predicted molar refractivity (Wildman–Crippen MR) is 129 cm³/mol. The third-order valence-electron chi connectivity index (χ3n) is 6.79. The molecule has 0 radical (unpaired) electrons. The van der Waals surface area contributed by atoms with E-state index in [1.54, 1.807) is 0 Å². The molecular weight excluding hydrogens is 398 g/mol. The first kappa shape index (κ1) is 21.2. The van der Waals surface area contributed by atoms with Gasteiger partial charge in [0.25, 0.3) is 5.91 Å². The number of anilines is 1. The van der Waals surface area contributed by atoms with Crippen molar-refractivity contribution in [2.75, 3.05) is 31.5 Å². The van der Waals surface area contributed by atoms with Crippen molar-refractivity contribution < 1.29 is 4.79 Å². The zero-order valence-corrected chi connectivity index (χ0v) is 18.9. The highest BCUT2D eigenvalue weighted by molar-refractivity contribution is 6.04. The van der Waals surface area contributed by atoms with Gasteiger partial charge in [-0.1, -0.05) is 30.7 Å². The maximum absolute atomic E-state index is 13.0. The summed E-state index contributed by atoms with van der Waals surface area (Å²) in [5.41, 5.74) is 5.31. The fraction of sp³-hybridized carbons (Fsp3) is 0.462. The molecule has 2 saturated heterocycles. The molecule has 3 aromatic rings. The molecule has 1 unspecified atom stereocenters. The molecule has 3 heterocycles. The van der Waals surface area contributed by atoms with Gasteiger partial charge in [-0.25, -0.2) is 4.98 Å². The minimum Gasteiger partial charge on any atom is -0.315 e. The van der Waals surface area contributed by atoms with E-state index in [1.165, 1.54) is 49.9 Å². The number of benzene rings is 2. The molecule has 0 saturated carbocycles. The quantitative estimate of drug-likeness (QED) is 0.624. The van der Waals surface area contributed by atoms with Gasteiger partial charge in [-0.15, -0.1) is 0 Å². The second kappa shape index (κ2) is 9.43. The van der Waals surface area contributed by atoms with E-state index < -0.39 is 0 Å². The Hall–Kier alpha value is -2.70. The van der Waals surface area contributed by atoms with Gasteiger partial charge < -0.3 is 9.88 Å². The van der Waals surface area contributed by atoms with Gasteiger partial charge in [0.1, 0.15) is 0 Å². The Morgan fingerprint density at radius 2 is 1.94 bits per heavy atom. The number of hydrogen-bond donors (Lipinski definition) is 2. The lowest BCUT2D eigenvalue weighted by Crippen LogP contribution is -2.25. The minimum atomic E-state index is -0.112. The van der Waals surface area contributed by atoms with Gasteiger partial charge in [0.05, 0.1) is 11.0 Å². The summed E-state index contributed by atoms with van der Waals surface area (Å²) < 4.78 is 2.28. The Balaban J connectivity index is 1.54. The molecule has 0 aliphatic carbocycles. The number of rotatable bonds is 5. The number of nitrogens with zero attached hydrogens (tertiary/aromatic N) is 3. The molecule has 1 amide bonds. The summed E-state index contributed by atoms with van der Waals surface area (Å²) in [6.07, 6.45) is 6.03. The van der Waals surface area contributed by atoms with Crippen LogP contribution in [0.1, 0.15) is 59.6 Å². The Morgan fingerprint density at radius 1 is 1.12 bits per heavy atom. The summed E-state index contributed by atoms with van der Waals surface area (Å²) in [4.78, 5) is 20.5. The van der Waals surface area contributed by atoms with Crippen molar-refractivity contribution in [3.8, 4) is 0 Å². The lowest BCUT2D eigenvalue weighted by Gasteiger charge is -2.21. The van der Waals surface area contributed by atoms with Crippen molar-refractivity contribution >= 4 is 22.9 Å². The number of aromatic nitrogens is 2. The van der Waals surface area contributed by atoms with Gasteiger partial charge in [-0.3, -0.25) is 15.0 Å². The molecule has 1 aromatic heterocycles. The van der Waals surface area contributed by atoms with Crippen LogP contribution in [0.2, 0.25) is 0 Å². The van der Waals surface area contributed by atoms with Crippen LogP contribution in [0.15, 0.2) is 42.5 Å². The average molecular weight is 432 g/mol. The fourth-order valence-electron chi connectivity index (χ4n) is 5.22. The van der Waals surface area contributed by atoms with Crippen molar-refractivity contribution in [3.05, 3.63) is 59.2 Å². The van der Waals surface area contributed by atoms with Crippen LogP contribution in [0.25, 0.3) is 11.0 Å². The number of amides is 1. The normalized spacial score (nSPS) is 19.8. The van der Waals surface area contributed by atoms with Crippen LogP contribution in [0, 0.1) is 6.92 Å². The van der Waals surface area contributed by atoms with Crippen molar-refractivity contribution in [1.29, 1.82) is 0 Å². The van der Waals surface area contributed by atoms with E-state index in [-0.39, 0.29) is 11.9 Å². The number of carbonyl (C=O) groups is 1. The number of nitrogens with one attached hydrogen (secondary N) is 2. The van der Waals surface area contributed by atoms with Crippen molar-refractivity contribution in [2.24, 2.45) is 0 Å². The van der Waals surface area contributed by atoms with Gasteiger partial charge >= 0.3 is 0 Å². The van der Waals surface area contributed by atoms with Crippen molar-refractivity contribution in [1.82, 2.24) is 19.8 Å². The Labute approximate surface area is 190 Å². The monoisotopic (exact) mass is 431 g/mol. The van der Waals surface area contributed by atoms with E-state index in [1.807, 2.05) is 30.3 Å². The molecule has 2 N–H and O–H groups in total. The van der Waals surface area contributed by atoms with Crippen LogP contribution >= 0.6 is 0 Å². The molecule has 5 rings (SSSR count). The summed E-state index contributed by atoms with van der Waals surface area (Å²) in [6, 6.07) is 14.2. The molecule has 2 aliphatic rings.